The van der Waals surface area contributed by atoms with E-state index in [1.54, 1.807) is 18.3 Å². The zero-order chi connectivity index (χ0) is 25.0. The molecular weight excluding hydrogens is 491 g/mol. The van der Waals surface area contributed by atoms with Gasteiger partial charge in [0, 0.05) is 48.6 Å². The van der Waals surface area contributed by atoms with Gasteiger partial charge >= 0.3 is 5.69 Å². The summed E-state index contributed by atoms with van der Waals surface area (Å²) in [5, 5.41) is 13.3. The molecule has 0 fully saturated rings. The molecule has 35 heavy (non-hydrogen) atoms. The van der Waals surface area contributed by atoms with Crippen LogP contribution < -0.4 is 11.2 Å². The van der Waals surface area contributed by atoms with E-state index in [0.717, 1.165) is 15.8 Å². The van der Waals surface area contributed by atoms with E-state index in [1.807, 2.05) is 31.0 Å². The molecular formula is C24H20ClFN6O2S. The summed E-state index contributed by atoms with van der Waals surface area (Å²) in [5.74, 6) is -0.470. The molecule has 2 aliphatic heterocycles. The third-order valence-corrected chi connectivity index (χ3v) is 7.91. The molecule has 0 amide bonds. The Bertz CT molecular complexity index is 1640. The maximum absolute atomic E-state index is 13.8. The lowest BCUT2D eigenvalue weighted by Crippen LogP contribution is -2.42. The Kier molecular flexibility index (Phi) is 5.71. The van der Waals surface area contributed by atoms with Gasteiger partial charge in [-0.15, -0.1) is 11.3 Å². The van der Waals surface area contributed by atoms with E-state index in [-0.39, 0.29) is 24.0 Å². The summed E-state index contributed by atoms with van der Waals surface area (Å²) in [4.78, 5) is 32.4. The second-order valence-electron chi connectivity index (χ2n) is 8.29. The maximum atomic E-state index is 13.8. The highest BCUT2D eigenvalue weighted by Gasteiger charge is 2.36. The highest BCUT2D eigenvalue weighted by Crippen LogP contribution is 2.37. The summed E-state index contributed by atoms with van der Waals surface area (Å²) in [6.45, 7) is 2.04. The molecule has 1 atom stereocenters. The van der Waals surface area contributed by atoms with Crippen LogP contribution in [0, 0.1) is 17.1 Å². The second kappa shape index (κ2) is 8.61. The molecule has 5 rings (SSSR count). The van der Waals surface area contributed by atoms with Crippen molar-refractivity contribution in [1.29, 1.82) is 5.26 Å². The minimum absolute atomic E-state index is 0.0860. The number of aromatic nitrogens is 2. The van der Waals surface area contributed by atoms with Crippen molar-refractivity contribution >= 4 is 45.1 Å². The van der Waals surface area contributed by atoms with Crippen LogP contribution >= 0.6 is 22.9 Å². The third-order valence-electron chi connectivity index (χ3n) is 6.45. The Morgan fingerprint density at radius 3 is 2.74 bits per heavy atom. The SMILES string of the molecule is CC1=C2C(n3c(=O)c4sc(-c5ccc(F)cc5Cl)cc4n(CCC#N)c3=O)=CN=CC2N(C)N1C. The van der Waals surface area contributed by atoms with E-state index >= 15 is 0 Å². The molecule has 0 N–H and O–H groups in total. The number of hydrogen-bond acceptors (Lipinski definition) is 7. The summed E-state index contributed by atoms with van der Waals surface area (Å²) in [6.07, 6.45) is 3.38. The minimum atomic E-state index is -0.549. The van der Waals surface area contributed by atoms with Gasteiger partial charge in [-0.25, -0.2) is 18.8 Å². The quantitative estimate of drug-likeness (QED) is 0.531. The number of halogens is 2. The molecule has 2 aromatic heterocycles. The predicted octanol–water partition coefficient (Wildman–Crippen LogP) is 3.92. The smallest absolute Gasteiger partial charge is 0.312 e. The maximum Gasteiger partial charge on any atom is 0.336 e. The fraction of sp³-hybridized carbons (Fsp3) is 0.250. The molecule has 3 aromatic rings. The van der Waals surface area contributed by atoms with Crippen molar-refractivity contribution in [1.82, 2.24) is 19.2 Å². The fourth-order valence-corrected chi connectivity index (χ4v) is 5.96. The van der Waals surface area contributed by atoms with Crippen LogP contribution in [-0.4, -0.2) is 45.5 Å². The van der Waals surface area contributed by atoms with E-state index in [1.165, 1.54) is 34.2 Å². The Hall–Kier alpha value is -3.52. The van der Waals surface area contributed by atoms with Gasteiger partial charge in [-0.2, -0.15) is 5.26 Å². The first-order valence-electron chi connectivity index (χ1n) is 10.8. The summed E-state index contributed by atoms with van der Waals surface area (Å²) in [5.41, 5.74) is 2.06. The van der Waals surface area contributed by atoms with Gasteiger partial charge in [-0.1, -0.05) is 11.6 Å². The van der Waals surface area contributed by atoms with Gasteiger partial charge in [0.15, 0.2) is 0 Å². The molecule has 0 bridgehead atoms. The zero-order valence-electron chi connectivity index (χ0n) is 19.1. The molecule has 0 saturated carbocycles. The average molecular weight is 511 g/mol. The number of aliphatic imine (C=N–C) groups is 1. The van der Waals surface area contributed by atoms with Crippen LogP contribution in [0.25, 0.3) is 26.4 Å². The van der Waals surface area contributed by atoms with Crippen molar-refractivity contribution < 1.29 is 4.39 Å². The van der Waals surface area contributed by atoms with Gasteiger partial charge in [0.05, 0.1) is 41.0 Å². The summed E-state index contributed by atoms with van der Waals surface area (Å²) < 4.78 is 16.5. The van der Waals surface area contributed by atoms with Gasteiger partial charge in [0.1, 0.15) is 10.5 Å². The van der Waals surface area contributed by atoms with Crippen LogP contribution in [0.15, 0.2) is 56.3 Å². The van der Waals surface area contributed by atoms with Crippen LogP contribution in [0.2, 0.25) is 5.02 Å². The largest absolute Gasteiger partial charge is 0.336 e. The lowest BCUT2D eigenvalue weighted by atomic mass is 10.0. The number of allylic oxidation sites excluding steroid dienone is 1. The first-order chi connectivity index (χ1) is 16.7. The van der Waals surface area contributed by atoms with Crippen molar-refractivity contribution in [2.45, 2.75) is 25.9 Å². The predicted molar refractivity (Wildman–Crippen MR) is 136 cm³/mol. The van der Waals surface area contributed by atoms with E-state index in [9.17, 15) is 19.2 Å². The molecule has 1 aromatic carbocycles. The summed E-state index contributed by atoms with van der Waals surface area (Å²) in [6, 6.07) is 7.58. The van der Waals surface area contributed by atoms with Crippen molar-refractivity contribution in [2.24, 2.45) is 4.99 Å². The van der Waals surface area contributed by atoms with E-state index < -0.39 is 17.1 Å². The molecule has 4 heterocycles. The Labute approximate surface area is 208 Å². The summed E-state index contributed by atoms with van der Waals surface area (Å²) >= 11 is 7.45. The van der Waals surface area contributed by atoms with Crippen LogP contribution in [0.5, 0.6) is 0 Å². The molecule has 0 aliphatic carbocycles. The Morgan fingerprint density at radius 2 is 2.03 bits per heavy atom. The number of rotatable bonds is 4. The molecule has 11 heteroatoms. The normalized spacial score (nSPS) is 17.8. The van der Waals surface area contributed by atoms with Gasteiger partial charge in [0.2, 0.25) is 0 Å². The van der Waals surface area contributed by atoms with Crippen molar-refractivity contribution in [3.05, 3.63) is 73.4 Å². The van der Waals surface area contributed by atoms with Crippen molar-refractivity contribution in [2.75, 3.05) is 14.1 Å². The topological polar surface area (TPSA) is 86.6 Å². The number of fused-ring (bicyclic) bond motifs is 2. The number of thiophene rings is 1. The minimum Gasteiger partial charge on any atom is -0.312 e. The lowest BCUT2D eigenvalue weighted by molar-refractivity contribution is 0.0856. The number of aryl methyl sites for hydroxylation is 1. The highest BCUT2D eigenvalue weighted by molar-refractivity contribution is 7.22. The second-order valence-corrected chi connectivity index (χ2v) is 9.75. The number of likely N-dealkylation sites (N-methyl/N-ethyl adjacent to an activating group) is 1. The molecule has 0 radical (unpaired) electrons. The van der Waals surface area contributed by atoms with E-state index in [2.05, 4.69) is 11.1 Å². The molecule has 0 spiro atoms. The van der Waals surface area contributed by atoms with Gasteiger partial charge in [-0.3, -0.25) is 14.4 Å². The Balaban J connectivity index is 1.80. The van der Waals surface area contributed by atoms with Crippen LogP contribution in [0.1, 0.15) is 13.3 Å². The van der Waals surface area contributed by atoms with Crippen LogP contribution in [0.4, 0.5) is 4.39 Å². The lowest BCUT2D eigenvalue weighted by Gasteiger charge is -2.27. The number of hydrazine groups is 1. The first-order valence-corrected chi connectivity index (χ1v) is 12.0. The standard InChI is InChI=1S/C24H20ClFN6O2S/c1-13-21-18(30(3)29(13)2)11-28-12-19(21)32-23(33)22-17(31(24(32)34)8-4-7-27)10-20(35-22)15-6-5-14(26)9-16(15)25/h5-6,9-12,18H,4,8H2,1-3H3. The molecule has 8 nitrogen and oxygen atoms in total. The van der Waals surface area contributed by atoms with E-state index in [0.29, 0.717) is 26.4 Å². The number of nitrogens with zero attached hydrogens (tertiary/aromatic N) is 6. The highest BCUT2D eigenvalue weighted by atomic mass is 35.5. The molecule has 0 saturated heterocycles. The number of nitriles is 1. The molecule has 2 aliphatic rings. The summed E-state index contributed by atoms with van der Waals surface area (Å²) in [7, 11) is 3.81. The third kappa shape index (κ3) is 3.55. The first kappa shape index (κ1) is 23.2. The molecule has 1 unspecified atom stereocenters. The van der Waals surface area contributed by atoms with Gasteiger partial charge < -0.3 is 5.01 Å². The number of hydrogen-bond donors (Lipinski definition) is 0. The van der Waals surface area contributed by atoms with Crippen LogP contribution in [0.3, 0.4) is 0 Å². The van der Waals surface area contributed by atoms with E-state index in [4.69, 9.17) is 11.6 Å². The van der Waals surface area contributed by atoms with Gasteiger partial charge in [-0.05, 0) is 31.2 Å². The van der Waals surface area contributed by atoms with Crippen molar-refractivity contribution in [3.8, 4) is 16.5 Å². The average Bonchev–Trinajstić information content (AvgIpc) is 3.36. The Morgan fingerprint density at radius 1 is 1.26 bits per heavy atom. The fourth-order valence-electron chi connectivity index (χ4n) is 4.51. The van der Waals surface area contributed by atoms with Crippen molar-refractivity contribution in [3.63, 3.8) is 0 Å². The van der Waals surface area contributed by atoms with Crippen LogP contribution in [-0.2, 0) is 6.54 Å². The van der Waals surface area contributed by atoms with Gasteiger partial charge in [0.25, 0.3) is 5.56 Å². The monoisotopic (exact) mass is 510 g/mol. The number of benzene rings is 1. The zero-order valence-corrected chi connectivity index (χ0v) is 20.7. The molecule has 178 valence electrons.